The average molecular weight is 425 g/mol. The van der Waals surface area contributed by atoms with Crippen molar-refractivity contribution in [2.45, 2.75) is 6.92 Å². The first-order valence-corrected chi connectivity index (χ1v) is 10.1. The Balaban J connectivity index is 1.43. The molecule has 1 amide bonds. The molecular weight excluding hydrogens is 406 g/mol. The van der Waals surface area contributed by atoms with Gasteiger partial charge in [0.15, 0.2) is 11.5 Å². The third kappa shape index (κ3) is 3.41. The lowest BCUT2D eigenvalue weighted by Gasteiger charge is -2.03. The number of methoxy groups -OCH3 is 1. The van der Waals surface area contributed by atoms with Crippen LogP contribution in [0.2, 0.25) is 0 Å². The second kappa shape index (κ2) is 7.74. The van der Waals surface area contributed by atoms with E-state index in [2.05, 4.69) is 5.32 Å². The SMILES string of the molecule is COc1ccc(C(=O)c2oc3ccc(NC(=O)c4cc5ccccc5o4)cc3c2C)cc1. The summed E-state index contributed by atoms with van der Waals surface area (Å²) in [7, 11) is 1.57. The van der Waals surface area contributed by atoms with Gasteiger partial charge in [-0.25, -0.2) is 0 Å². The minimum Gasteiger partial charge on any atom is -0.497 e. The lowest BCUT2D eigenvalue weighted by Crippen LogP contribution is -2.10. The van der Waals surface area contributed by atoms with Crippen LogP contribution in [0.4, 0.5) is 5.69 Å². The molecule has 0 aliphatic rings. The first-order chi connectivity index (χ1) is 15.5. The minimum atomic E-state index is -0.351. The maximum atomic E-state index is 13.0. The van der Waals surface area contributed by atoms with Crippen LogP contribution in [0.1, 0.15) is 32.2 Å². The Morgan fingerprint density at radius 1 is 0.875 bits per heavy atom. The topological polar surface area (TPSA) is 81.7 Å². The Kier molecular flexibility index (Phi) is 4.75. The van der Waals surface area contributed by atoms with Crippen molar-refractivity contribution in [3.63, 3.8) is 0 Å². The molecule has 2 heterocycles. The molecule has 5 aromatic rings. The second-order valence-electron chi connectivity index (χ2n) is 7.43. The van der Waals surface area contributed by atoms with Crippen LogP contribution in [0.25, 0.3) is 21.9 Å². The van der Waals surface area contributed by atoms with Crippen LogP contribution in [0.3, 0.4) is 0 Å². The molecule has 6 heteroatoms. The molecule has 0 saturated carbocycles. The summed E-state index contributed by atoms with van der Waals surface area (Å²) < 4.78 is 16.6. The van der Waals surface area contributed by atoms with Gasteiger partial charge in [0.05, 0.1) is 7.11 Å². The molecule has 3 aromatic carbocycles. The van der Waals surface area contributed by atoms with Crippen molar-refractivity contribution < 1.29 is 23.2 Å². The molecule has 2 aromatic heterocycles. The first-order valence-electron chi connectivity index (χ1n) is 10.1. The standard InChI is InChI=1S/C26H19NO5/c1-15-20-14-18(27-26(29)23-13-17-5-3-4-6-21(17)31-23)9-12-22(20)32-25(15)24(28)16-7-10-19(30-2)11-8-16/h3-14H,1-2H3,(H,27,29). The zero-order valence-electron chi connectivity index (χ0n) is 17.5. The van der Waals surface area contributed by atoms with Crippen molar-refractivity contribution in [3.05, 3.63) is 95.4 Å². The number of ketones is 1. The fourth-order valence-electron chi connectivity index (χ4n) is 3.68. The fourth-order valence-corrected chi connectivity index (χ4v) is 3.68. The molecule has 0 spiro atoms. The summed E-state index contributed by atoms with van der Waals surface area (Å²) in [5.41, 5.74) is 3.02. The summed E-state index contributed by atoms with van der Waals surface area (Å²) in [6.07, 6.45) is 0. The van der Waals surface area contributed by atoms with Crippen molar-refractivity contribution in [3.8, 4) is 5.75 Å². The number of ether oxygens (including phenoxy) is 1. The summed E-state index contributed by atoms with van der Waals surface area (Å²) in [5, 5.41) is 4.46. The third-order valence-electron chi connectivity index (χ3n) is 5.40. The number of carbonyl (C=O) groups is 2. The number of amides is 1. The molecule has 0 atom stereocenters. The Morgan fingerprint density at radius 2 is 1.66 bits per heavy atom. The molecule has 5 rings (SSSR count). The van der Waals surface area contributed by atoms with Gasteiger partial charge in [-0.05, 0) is 61.5 Å². The van der Waals surface area contributed by atoms with Gasteiger partial charge in [-0.3, -0.25) is 9.59 Å². The zero-order valence-corrected chi connectivity index (χ0v) is 17.5. The Bertz CT molecular complexity index is 1440. The number of hydrogen-bond acceptors (Lipinski definition) is 5. The van der Waals surface area contributed by atoms with Gasteiger partial charge in [-0.15, -0.1) is 0 Å². The van der Waals surface area contributed by atoms with Crippen LogP contribution in [0.15, 0.2) is 81.6 Å². The van der Waals surface area contributed by atoms with E-state index in [1.165, 1.54) is 0 Å². The van der Waals surface area contributed by atoms with E-state index in [1.807, 2.05) is 31.2 Å². The lowest BCUT2D eigenvalue weighted by molar-refractivity contribution is 0.0995. The fraction of sp³-hybridized carbons (Fsp3) is 0.0769. The number of carbonyl (C=O) groups excluding carboxylic acids is 2. The van der Waals surface area contributed by atoms with Gasteiger partial charge < -0.3 is 18.9 Å². The highest BCUT2D eigenvalue weighted by Gasteiger charge is 2.20. The molecule has 0 fully saturated rings. The van der Waals surface area contributed by atoms with Crippen molar-refractivity contribution in [2.75, 3.05) is 12.4 Å². The number of nitrogens with one attached hydrogen (secondary N) is 1. The molecule has 1 N–H and O–H groups in total. The van der Waals surface area contributed by atoms with E-state index in [-0.39, 0.29) is 23.2 Å². The van der Waals surface area contributed by atoms with Crippen LogP contribution in [-0.4, -0.2) is 18.8 Å². The average Bonchev–Trinajstić information content (AvgIpc) is 3.40. The van der Waals surface area contributed by atoms with E-state index >= 15 is 0 Å². The molecule has 6 nitrogen and oxygen atoms in total. The van der Waals surface area contributed by atoms with Crippen molar-refractivity contribution in [1.29, 1.82) is 0 Å². The van der Waals surface area contributed by atoms with E-state index in [0.29, 0.717) is 33.7 Å². The molecule has 158 valence electrons. The summed E-state index contributed by atoms with van der Waals surface area (Å²) in [6.45, 7) is 1.83. The van der Waals surface area contributed by atoms with Gasteiger partial charge in [0.2, 0.25) is 5.78 Å². The number of anilines is 1. The monoisotopic (exact) mass is 425 g/mol. The highest BCUT2D eigenvalue weighted by Crippen LogP contribution is 2.30. The minimum absolute atomic E-state index is 0.214. The van der Waals surface area contributed by atoms with E-state index in [9.17, 15) is 9.59 Å². The highest BCUT2D eigenvalue weighted by atomic mass is 16.5. The number of aryl methyl sites for hydroxylation is 1. The predicted octanol–water partition coefficient (Wildman–Crippen LogP) is 5.98. The van der Waals surface area contributed by atoms with Crippen LogP contribution in [0, 0.1) is 6.92 Å². The Morgan fingerprint density at radius 3 is 2.41 bits per heavy atom. The Hall–Kier alpha value is -4.32. The van der Waals surface area contributed by atoms with Gasteiger partial charge in [0, 0.05) is 27.6 Å². The molecule has 0 saturated heterocycles. The molecular formula is C26H19NO5. The third-order valence-corrected chi connectivity index (χ3v) is 5.40. The summed E-state index contributed by atoms with van der Waals surface area (Å²) >= 11 is 0. The molecule has 0 aliphatic heterocycles. The van der Waals surface area contributed by atoms with Crippen molar-refractivity contribution >= 4 is 39.3 Å². The Labute approximate surface area is 183 Å². The van der Waals surface area contributed by atoms with Gasteiger partial charge in [-0.2, -0.15) is 0 Å². The number of fused-ring (bicyclic) bond motifs is 2. The zero-order chi connectivity index (χ0) is 22.2. The maximum Gasteiger partial charge on any atom is 0.291 e. The quantitative estimate of drug-likeness (QED) is 0.350. The van der Waals surface area contributed by atoms with Gasteiger partial charge >= 0.3 is 0 Å². The van der Waals surface area contributed by atoms with Crippen LogP contribution >= 0.6 is 0 Å². The number of benzene rings is 3. The molecule has 0 aliphatic carbocycles. The van der Waals surface area contributed by atoms with Crippen LogP contribution < -0.4 is 10.1 Å². The van der Waals surface area contributed by atoms with E-state index in [4.69, 9.17) is 13.6 Å². The summed E-state index contributed by atoms with van der Waals surface area (Å²) in [5.74, 6) is 0.606. The number of rotatable bonds is 5. The van der Waals surface area contributed by atoms with E-state index in [0.717, 1.165) is 10.8 Å². The first kappa shape index (κ1) is 19.6. The van der Waals surface area contributed by atoms with Gasteiger partial charge in [-0.1, -0.05) is 18.2 Å². The number of para-hydroxylation sites is 1. The van der Waals surface area contributed by atoms with Crippen molar-refractivity contribution in [1.82, 2.24) is 0 Å². The predicted molar refractivity (Wildman–Crippen MR) is 122 cm³/mol. The molecule has 0 unspecified atom stereocenters. The molecule has 0 bridgehead atoms. The van der Waals surface area contributed by atoms with Crippen LogP contribution in [0.5, 0.6) is 5.75 Å². The van der Waals surface area contributed by atoms with Gasteiger partial charge in [0.25, 0.3) is 5.91 Å². The van der Waals surface area contributed by atoms with Crippen molar-refractivity contribution in [2.24, 2.45) is 0 Å². The largest absolute Gasteiger partial charge is 0.497 e. The van der Waals surface area contributed by atoms with Crippen LogP contribution in [-0.2, 0) is 0 Å². The number of furan rings is 2. The summed E-state index contributed by atoms with van der Waals surface area (Å²) in [6, 6.07) is 21.3. The smallest absolute Gasteiger partial charge is 0.291 e. The van der Waals surface area contributed by atoms with E-state index < -0.39 is 0 Å². The summed E-state index contributed by atoms with van der Waals surface area (Å²) in [4.78, 5) is 25.6. The molecule has 32 heavy (non-hydrogen) atoms. The highest BCUT2D eigenvalue weighted by molar-refractivity contribution is 6.11. The maximum absolute atomic E-state index is 13.0. The van der Waals surface area contributed by atoms with Gasteiger partial charge in [0.1, 0.15) is 16.9 Å². The molecule has 0 radical (unpaired) electrons. The van der Waals surface area contributed by atoms with E-state index in [1.54, 1.807) is 55.6 Å². The number of hydrogen-bond donors (Lipinski definition) is 1. The lowest BCUT2D eigenvalue weighted by atomic mass is 10.0. The normalized spacial score (nSPS) is 11.1. The second-order valence-corrected chi connectivity index (χ2v) is 7.43.